The Balaban J connectivity index is 1.89. The third-order valence-electron chi connectivity index (χ3n) is 3.80. The van der Waals surface area contributed by atoms with E-state index in [0.717, 1.165) is 29.5 Å². The summed E-state index contributed by atoms with van der Waals surface area (Å²) in [5.74, 6) is 0.901. The largest absolute Gasteiger partial charge is 0.325 e. The van der Waals surface area contributed by atoms with Crippen molar-refractivity contribution in [1.29, 1.82) is 0 Å². The molecule has 5 heteroatoms. The number of aromatic nitrogens is 5. The molecule has 0 amide bonds. The fourth-order valence-corrected chi connectivity index (χ4v) is 2.73. The third kappa shape index (κ3) is 2.79. The summed E-state index contributed by atoms with van der Waals surface area (Å²) in [6, 6.07) is 8.36. The van der Waals surface area contributed by atoms with Crippen molar-refractivity contribution in [2.24, 2.45) is 0 Å². The van der Waals surface area contributed by atoms with Crippen molar-refractivity contribution in [3.8, 4) is 11.5 Å². The van der Waals surface area contributed by atoms with Crippen molar-refractivity contribution >= 4 is 0 Å². The third-order valence-corrected chi connectivity index (χ3v) is 3.80. The maximum atomic E-state index is 4.58. The Morgan fingerprint density at radius 2 is 1.95 bits per heavy atom. The van der Waals surface area contributed by atoms with E-state index in [-0.39, 0.29) is 6.04 Å². The van der Waals surface area contributed by atoms with E-state index in [9.17, 15) is 0 Å². The smallest absolute Gasteiger partial charge is 0.158 e. The Morgan fingerprint density at radius 1 is 1.14 bits per heavy atom. The van der Waals surface area contributed by atoms with Crippen LogP contribution in [-0.2, 0) is 6.54 Å². The lowest BCUT2D eigenvalue weighted by Crippen LogP contribution is -2.15. The average Bonchev–Trinajstić information content (AvgIpc) is 3.06. The van der Waals surface area contributed by atoms with Crippen molar-refractivity contribution in [2.75, 3.05) is 0 Å². The predicted octanol–water partition coefficient (Wildman–Crippen LogP) is 3.33. The molecule has 0 aromatic carbocycles. The molecule has 1 atom stereocenters. The van der Waals surface area contributed by atoms with Gasteiger partial charge in [-0.25, -0.2) is 9.97 Å². The minimum Gasteiger partial charge on any atom is -0.325 e. The quantitative estimate of drug-likeness (QED) is 0.742. The van der Waals surface area contributed by atoms with Crippen LogP contribution in [0.15, 0.2) is 36.7 Å². The molecule has 0 unspecified atom stereocenters. The van der Waals surface area contributed by atoms with Crippen molar-refractivity contribution in [2.45, 2.75) is 40.3 Å². The molecule has 0 aliphatic heterocycles. The first-order chi connectivity index (χ1) is 10.5. The van der Waals surface area contributed by atoms with Crippen LogP contribution in [0.5, 0.6) is 0 Å². The molecule has 3 aromatic rings. The van der Waals surface area contributed by atoms with Gasteiger partial charge >= 0.3 is 0 Å². The summed E-state index contributed by atoms with van der Waals surface area (Å²) in [6.07, 6.45) is 3.84. The molecule has 0 fully saturated rings. The fourth-order valence-electron chi connectivity index (χ4n) is 2.73. The lowest BCUT2D eigenvalue weighted by Gasteiger charge is -2.17. The highest BCUT2D eigenvalue weighted by Crippen LogP contribution is 2.21. The van der Waals surface area contributed by atoms with E-state index in [1.165, 1.54) is 5.69 Å². The first-order valence-electron chi connectivity index (χ1n) is 7.52. The van der Waals surface area contributed by atoms with Gasteiger partial charge in [0.05, 0.1) is 18.3 Å². The van der Waals surface area contributed by atoms with E-state index < -0.39 is 0 Å². The molecule has 114 valence electrons. The summed E-state index contributed by atoms with van der Waals surface area (Å²) < 4.78 is 4.21. The van der Waals surface area contributed by atoms with Gasteiger partial charge in [0.25, 0.3) is 0 Å². The minimum absolute atomic E-state index is 0.248. The normalized spacial score (nSPS) is 12.5. The van der Waals surface area contributed by atoms with Crippen molar-refractivity contribution in [3.63, 3.8) is 0 Å². The molecule has 3 heterocycles. The summed E-state index contributed by atoms with van der Waals surface area (Å²) >= 11 is 0. The Morgan fingerprint density at radius 3 is 2.64 bits per heavy atom. The van der Waals surface area contributed by atoms with Crippen LogP contribution in [0.2, 0.25) is 0 Å². The lowest BCUT2D eigenvalue weighted by molar-refractivity contribution is 0.433. The Hall–Kier alpha value is -2.43. The molecule has 0 aliphatic rings. The molecule has 3 rings (SSSR count). The van der Waals surface area contributed by atoms with Crippen molar-refractivity contribution in [1.82, 2.24) is 24.3 Å². The first kappa shape index (κ1) is 14.5. The predicted molar refractivity (Wildman–Crippen MR) is 86.6 cm³/mol. The van der Waals surface area contributed by atoms with Gasteiger partial charge in [-0.15, -0.1) is 0 Å². The maximum absolute atomic E-state index is 4.58. The molecule has 0 saturated heterocycles. The van der Waals surface area contributed by atoms with Gasteiger partial charge in [-0.1, -0.05) is 6.07 Å². The molecule has 0 saturated carbocycles. The van der Waals surface area contributed by atoms with Gasteiger partial charge in [-0.05, 0) is 45.9 Å². The van der Waals surface area contributed by atoms with Crippen molar-refractivity contribution < 1.29 is 0 Å². The highest BCUT2D eigenvalue weighted by Gasteiger charge is 2.14. The summed E-state index contributed by atoms with van der Waals surface area (Å²) in [4.78, 5) is 9.07. The van der Waals surface area contributed by atoms with Gasteiger partial charge in [0.1, 0.15) is 5.69 Å². The van der Waals surface area contributed by atoms with Crippen LogP contribution in [0, 0.1) is 20.8 Å². The molecular formula is C17H21N5. The summed E-state index contributed by atoms with van der Waals surface area (Å²) in [6.45, 7) is 9.10. The van der Waals surface area contributed by atoms with Crippen LogP contribution in [0.1, 0.15) is 30.0 Å². The molecule has 22 heavy (non-hydrogen) atoms. The summed E-state index contributed by atoms with van der Waals surface area (Å²) in [7, 11) is 0. The average molecular weight is 295 g/mol. The SMILES string of the molecule is Cc1cccc(-c2nccn2[C@H](C)Cn2nc(C)cc2C)n1. The number of aryl methyl sites for hydroxylation is 3. The number of pyridine rings is 1. The van der Waals surface area contributed by atoms with E-state index >= 15 is 0 Å². The van der Waals surface area contributed by atoms with Gasteiger partial charge in [-0.2, -0.15) is 5.10 Å². The van der Waals surface area contributed by atoms with Gasteiger partial charge in [0.15, 0.2) is 5.82 Å². The number of imidazole rings is 1. The zero-order valence-electron chi connectivity index (χ0n) is 13.5. The Labute approximate surface area is 130 Å². The number of hydrogen-bond acceptors (Lipinski definition) is 3. The first-order valence-corrected chi connectivity index (χ1v) is 7.52. The minimum atomic E-state index is 0.248. The molecule has 3 aromatic heterocycles. The van der Waals surface area contributed by atoms with Crippen LogP contribution in [0.4, 0.5) is 0 Å². The van der Waals surface area contributed by atoms with Gasteiger partial charge in [0.2, 0.25) is 0 Å². The van der Waals surface area contributed by atoms with E-state index in [4.69, 9.17) is 0 Å². The molecule has 0 radical (unpaired) electrons. The monoisotopic (exact) mass is 295 g/mol. The number of nitrogens with zero attached hydrogens (tertiary/aromatic N) is 5. The van der Waals surface area contributed by atoms with Crippen LogP contribution in [0.3, 0.4) is 0 Å². The highest BCUT2D eigenvalue weighted by molar-refractivity contribution is 5.50. The molecule has 0 spiro atoms. The zero-order chi connectivity index (χ0) is 15.7. The fraction of sp³-hybridized carbons (Fsp3) is 0.353. The Kier molecular flexibility index (Phi) is 3.79. The van der Waals surface area contributed by atoms with Crippen LogP contribution >= 0.6 is 0 Å². The summed E-state index contributed by atoms with van der Waals surface area (Å²) in [5.41, 5.74) is 4.14. The molecule has 5 nitrogen and oxygen atoms in total. The van der Waals surface area contributed by atoms with E-state index in [1.807, 2.05) is 49.1 Å². The molecule has 0 aliphatic carbocycles. The van der Waals surface area contributed by atoms with E-state index in [2.05, 4.69) is 39.5 Å². The van der Waals surface area contributed by atoms with E-state index in [1.54, 1.807) is 0 Å². The second-order valence-electron chi connectivity index (χ2n) is 5.78. The Bertz CT molecular complexity index is 784. The highest BCUT2D eigenvalue weighted by atomic mass is 15.3. The molecular weight excluding hydrogens is 274 g/mol. The number of hydrogen-bond donors (Lipinski definition) is 0. The van der Waals surface area contributed by atoms with Crippen LogP contribution < -0.4 is 0 Å². The van der Waals surface area contributed by atoms with E-state index in [0.29, 0.717) is 0 Å². The second-order valence-corrected chi connectivity index (χ2v) is 5.78. The van der Waals surface area contributed by atoms with Gasteiger partial charge < -0.3 is 4.57 Å². The zero-order valence-corrected chi connectivity index (χ0v) is 13.5. The number of rotatable bonds is 4. The molecule has 0 bridgehead atoms. The summed E-state index contributed by atoms with van der Waals surface area (Å²) in [5, 5.41) is 4.54. The van der Waals surface area contributed by atoms with Crippen LogP contribution in [-0.4, -0.2) is 24.3 Å². The van der Waals surface area contributed by atoms with Crippen LogP contribution in [0.25, 0.3) is 11.5 Å². The molecule has 0 N–H and O–H groups in total. The van der Waals surface area contributed by atoms with Gasteiger partial charge in [0, 0.05) is 23.8 Å². The maximum Gasteiger partial charge on any atom is 0.158 e. The van der Waals surface area contributed by atoms with Gasteiger partial charge in [-0.3, -0.25) is 4.68 Å². The van der Waals surface area contributed by atoms with Crippen molar-refractivity contribution in [3.05, 3.63) is 53.7 Å². The lowest BCUT2D eigenvalue weighted by atomic mass is 10.2. The standard InChI is InChI=1S/C17H21N5/c1-12-6-5-7-16(19-12)17-18-8-9-21(17)15(4)11-22-14(3)10-13(2)20-22/h5-10,15H,11H2,1-4H3/t15-/m1/s1. The second kappa shape index (κ2) is 5.75. The topological polar surface area (TPSA) is 48.5 Å².